The van der Waals surface area contributed by atoms with E-state index >= 15 is 0 Å². The number of aryl methyl sites for hydroxylation is 1. The molecule has 4 atom stereocenters. The molecule has 0 saturated heterocycles. The van der Waals surface area contributed by atoms with Gasteiger partial charge in [0, 0.05) is 50.5 Å². The summed E-state index contributed by atoms with van der Waals surface area (Å²) >= 11 is 0. The number of rotatable bonds is 4. The molecule has 6 aliphatic rings. The van der Waals surface area contributed by atoms with Crippen molar-refractivity contribution in [2.24, 2.45) is 0 Å². The molecule has 4 aliphatic heterocycles. The molecular formula is C73H76BN3. The molecule has 0 aromatic heterocycles. The van der Waals surface area contributed by atoms with Crippen LogP contribution < -0.4 is 31.1 Å². The van der Waals surface area contributed by atoms with Crippen LogP contribution in [-0.2, 0) is 39.0 Å². The molecule has 8 aromatic rings. The van der Waals surface area contributed by atoms with E-state index in [1.807, 2.05) is 0 Å². The molecule has 0 amide bonds. The number of anilines is 7. The summed E-state index contributed by atoms with van der Waals surface area (Å²) < 4.78 is 0. The second-order valence-electron chi connectivity index (χ2n) is 27.7. The fourth-order valence-corrected chi connectivity index (χ4v) is 16.4. The van der Waals surface area contributed by atoms with Crippen LogP contribution in [0.2, 0.25) is 0 Å². The molecule has 0 bridgehead atoms. The standard InChI is InChI=1S/C73H76BN3/c1-67(2,3)50-32-35-60(54(42-50)47-24-15-13-16-25-47)75-62-37-34-52(69(7,8)9)44-59(62)74-58-31-23-30-56-66(58)77(71(11)39-21-22-40-73(56,71)49-27-17-14-18-28-49)64-46-53(45-63(75)65(64)74)76-61-36-33-51(68(4,5)6)43-57(61)70(10)41-38-48-26-19-20-29-55(48)72(70,76)12/h13-20,23-37,42-46H,21-22,38-41H2,1-12H3. The van der Waals surface area contributed by atoms with E-state index in [-0.39, 0.29) is 39.3 Å². The van der Waals surface area contributed by atoms with Crippen LogP contribution >= 0.6 is 0 Å². The predicted octanol–water partition coefficient (Wildman–Crippen LogP) is 16.9. The fourth-order valence-electron chi connectivity index (χ4n) is 16.4. The Bertz CT molecular complexity index is 3740. The fraction of sp³-hybridized carbons (Fsp3) is 0.342. The average molecular weight is 1010 g/mol. The van der Waals surface area contributed by atoms with Crippen LogP contribution in [0.4, 0.5) is 39.8 Å². The van der Waals surface area contributed by atoms with Crippen molar-refractivity contribution in [2.45, 2.75) is 160 Å². The molecule has 4 heteroatoms. The van der Waals surface area contributed by atoms with Crippen molar-refractivity contribution in [3.05, 3.63) is 214 Å². The van der Waals surface area contributed by atoms with Crippen LogP contribution in [0.25, 0.3) is 11.1 Å². The molecule has 2 aliphatic carbocycles. The van der Waals surface area contributed by atoms with Crippen LogP contribution in [0, 0.1) is 0 Å². The number of hydrogen-bond donors (Lipinski definition) is 0. The van der Waals surface area contributed by atoms with E-state index < -0.39 is 5.54 Å². The summed E-state index contributed by atoms with van der Waals surface area (Å²) in [7, 11) is 0. The molecule has 0 spiro atoms. The third kappa shape index (κ3) is 6.45. The Morgan fingerprint density at radius 2 is 1.05 bits per heavy atom. The number of nitrogens with zero attached hydrogens (tertiary/aromatic N) is 3. The minimum absolute atomic E-state index is 0.00802. The van der Waals surface area contributed by atoms with Gasteiger partial charge in [-0.25, -0.2) is 0 Å². The van der Waals surface area contributed by atoms with Gasteiger partial charge in [0.1, 0.15) is 0 Å². The molecule has 4 unspecified atom stereocenters. The predicted molar refractivity (Wildman–Crippen MR) is 328 cm³/mol. The van der Waals surface area contributed by atoms with E-state index in [9.17, 15) is 0 Å². The number of fused-ring (bicyclic) bond motifs is 12. The Morgan fingerprint density at radius 1 is 0.455 bits per heavy atom. The minimum atomic E-state index is -0.394. The number of para-hydroxylation sites is 1. The highest BCUT2D eigenvalue weighted by molar-refractivity contribution is 7.00. The first-order valence-corrected chi connectivity index (χ1v) is 29.1. The van der Waals surface area contributed by atoms with Crippen molar-refractivity contribution in [3.63, 3.8) is 0 Å². The monoisotopic (exact) mass is 1010 g/mol. The zero-order valence-corrected chi connectivity index (χ0v) is 47.8. The number of hydrogen-bond acceptors (Lipinski definition) is 3. The average Bonchev–Trinajstić information content (AvgIpc) is 4.05. The molecule has 8 aromatic carbocycles. The molecule has 14 rings (SSSR count). The topological polar surface area (TPSA) is 9.72 Å². The van der Waals surface area contributed by atoms with Crippen molar-refractivity contribution in [2.75, 3.05) is 14.7 Å². The van der Waals surface area contributed by atoms with Gasteiger partial charge >= 0.3 is 0 Å². The van der Waals surface area contributed by atoms with Crippen molar-refractivity contribution in [3.8, 4) is 11.1 Å². The lowest BCUT2D eigenvalue weighted by Crippen LogP contribution is -2.65. The summed E-state index contributed by atoms with van der Waals surface area (Å²) in [5.74, 6) is 0. The van der Waals surface area contributed by atoms with Gasteiger partial charge in [-0.05, 0) is 159 Å². The highest BCUT2D eigenvalue weighted by Crippen LogP contribution is 2.67. The van der Waals surface area contributed by atoms with Crippen molar-refractivity contribution in [1.82, 2.24) is 0 Å². The molecule has 386 valence electrons. The Hall–Kier alpha value is -6.78. The van der Waals surface area contributed by atoms with Gasteiger partial charge in [-0.2, -0.15) is 0 Å². The first-order chi connectivity index (χ1) is 36.7. The normalized spacial score (nSPS) is 23.6. The molecule has 77 heavy (non-hydrogen) atoms. The second-order valence-corrected chi connectivity index (χ2v) is 27.7. The smallest absolute Gasteiger partial charge is 0.252 e. The van der Waals surface area contributed by atoms with Crippen LogP contribution in [0.3, 0.4) is 0 Å². The maximum atomic E-state index is 2.95. The molecule has 1 fully saturated rings. The van der Waals surface area contributed by atoms with Crippen LogP contribution in [0.5, 0.6) is 0 Å². The highest BCUT2D eigenvalue weighted by atomic mass is 15.3. The van der Waals surface area contributed by atoms with Crippen LogP contribution in [-0.4, -0.2) is 12.3 Å². The van der Waals surface area contributed by atoms with E-state index in [4.69, 9.17) is 0 Å². The molecule has 0 N–H and O–H groups in total. The van der Waals surface area contributed by atoms with Gasteiger partial charge in [0.25, 0.3) is 6.71 Å². The molecule has 0 radical (unpaired) electrons. The van der Waals surface area contributed by atoms with Crippen LogP contribution in [0.1, 0.15) is 160 Å². The highest BCUT2D eigenvalue weighted by Gasteiger charge is 2.65. The summed E-state index contributed by atoms with van der Waals surface area (Å²) in [6.45, 7) is 29.2. The van der Waals surface area contributed by atoms with E-state index in [0.29, 0.717) is 0 Å². The van der Waals surface area contributed by atoms with Gasteiger partial charge in [-0.15, -0.1) is 0 Å². The largest absolute Gasteiger partial charge is 0.335 e. The zero-order chi connectivity index (χ0) is 53.4. The third-order valence-electron chi connectivity index (χ3n) is 20.6. The Balaban J connectivity index is 1.15. The summed E-state index contributed by atoms with van der Waals surface area (Å²) in [6.07, 6.45) is 6.77. The van der Waals surface area contributed by atoms with Gasteiger partial charge in [-0.1, -0.05) is 216 Å². The quantitative estimate of drug-likeness (QED) is 0.163. The SMILES string of the molecule is CC(C)(C)c1ccc2c(c1)B1c3cccc4c3N(c3cc(N5c6ccc(C(C)(C)C)cc6C6(C)CCc7ccccc7C56C)cc(c31)N2c1ccc(C(C)(C)C)cc1-c1ccccc1)C1(C)CCCCC41c1ccccc1. The Morgan fingerprint density at radius 3 is 1.77 bits per heavy atom. The molecule has 4 heterocycles. The van der Waals surface area contributed by atoms with E-state index in [0.717, 1.165) is 25.7 Å². The van der Waals surface area contributed by atoms with Gasteiger partial charge in [0.05, 0.1) is 16.8 Å². The van der Waals surface area contributed by atoms with Gasteiger partial charge in [0.15, 0.2) is 0 Å². The summed E-state index contributed by atoms with van der Waals surface area (Å²) in [6, 6.07) is 67.7. The lowest BCUT2D eigenvalue weighted by atomic mass is 9.33. The number of benzene rings is 8. The van der Waals surface area contributed by atoms with Gasteiger partial charge in [-0.3, -0.25) is 0 Å². The lowest BCUT2D eigenvalue weighted by molar-refractivity contribution is 0.215. The molecule has 3 nitrogen and oxygen atoms in total. The lowest BCUT2D eigenvalue weighted by Gasteiger charge is -2.55. The minimum Gasteiger partial charge on any atom is -0.335 e. The maximum Gasteiger partial charge on any atom is 0.252 e. The summed E-state index contributed by atoms with van der Waals surface area (Å²) in [5.41, 5.74) is 26.2. The Kier molecular flexibility index (Phi) is 10.2. The third-order valence-corrected chi connectivity index (χ3v) is 20.6. The van der Waals surface area contributed by atoms with E-state index in [2.05, 4.69) is 268 Å². The summed E-state index contributed by atoms with van der Waals surface area (Å²) in [4.78, 5) is 8.53. The van der Waals surface area contributed by atoms with Gasteiger partial charge < -0.3 is 14.7 Å². The van der Waals surface area contributed by atoms with Crippen molar-refractivity contribution >= 4 is 62.9 Å². The van der Waals surface area contributed by atoms with Crippen molar-refractivity contribution < 1.29 is 0 Å². The Labute approximate surface area is 460 Å². The van der Waals surface area contributed by atoms with E-state index in [1.54, 1.807) is 0 Å². The second kappa shape index (κ2) is 16.2. The van der Waals surface area contributed by atoms with Crippen molar-refractivity contribution in [1.29, 1.82) is 0 Å². The van der Waals surface area contributed by atoms with Gasteiger partial charge in [0.2, 0.25) is 0 Å². The first-order valence-electron chi connectivity index (χ1n) is 29.1. The molecular weight excluding hydrogens is 930 g/mol. The first kappa shape index (κ1) is 48.6. The maximum absolute atomic E-state index is 2.95. The zero-order valence-electron chi connectivity index (χ0n) is 47.8. The van der Waals surface area contributed by atoms with E-state index in [1.165, 1.54) is 125 Å². The summed E-state index contributed by atoms with van der Waals surface area (Å²) in [5, 5.41) is 0. The molecule has 1 saturated carbocycles. The van der Waals surface area contributed by atoms with Crippen LogP contribution in [0.15, 0.2) is 170 Å².